The lowest BCUT2D eigenvalue weighted by Gasteiger charge is -2.44. The maximum Gasteiger partial charge on any atom is 0.151 e. The van der Waals surface area contributed by atoms with Gasteiger partial charge in [0, 0.05) is 5.92 Å². The Labute approximate surface area is 66.9 Å². The van der Waals surface area contributed by atoms with E-state index in [9.17, 15) is 4.79 Å². The Hall–Kier alpha value is -0.370. The van der Waals surface area contributed by atoms with Crippen molar-refractivity contribution >= 4 is 6.29 Å². The van der Waals surface area contributed by atoms with Gasteiger partial charge in [-0.1, -0.05) is 6.92 Å². The van der Waals surface area contributed by atoms with Crippen molar-refractivity contribution in [1.82, 2.24) is 0 Å². The van der Waals surface area contributed by atoms with E-state index in [1.807, 2.05) is 6.92 Å². The van der Waals surface area contributed by atoms with E-state index < -0.39 is 5.60 Å². The van der Waals surface area contributed by atoms with Gasteiger partial charge in [-0.05, 0) is 25.2 Å². The number of hydrogen-bond acceptors (Lipinski definition) is 2. The molecule has 1 saturated heterocycles. The Balaban J connectivity index is 2.25. The zero-order chi connectivity index (χ0) is 8.11. The Morgan fingerprint density at radius 2 is 2.27 bits per heavy atom. The van der Waals surface area contributed by atoms with Crippen molar-refractivity contribution in [3.8, 4) is 0 Å². The molecule has 2 aliphatic rings. The normalized spacial score (nSPS) is 54.9. The minimum atomic E-state index is -0.465. The molecule has 3 unspecified atom stereocenters. The summed E-state index contributed by atoms with van der Waals surface area (Å²) in [6.45, 7) is 4.90. The highest BCUT2D eigenvalue weighted by Gasteiger charge is 2.58. The Kier molecular flexibility index (Phi) is 1.23. The van der Waals surface area contributed by atoms with Crippen LogP contribution >= 0.6 is 0 Å². The molecule has 0 spiro atoms. The van der Waals surface area contributed by atoms with Crippen LogP contribution in [0, 0.1) is 11.3 Å². The second-order valence-electron chi connectivity index (χ2n) is 4.34. The molecule has 2 fully saturated rings. The smallest absolute Gasteiger partial charge is 0.151 e. The van der Waals surface area contributed by atoms with E-state index in [0.717, 1.165) is 19.3 Å². The molecule has 2 nitrogen and oxygen atoms in total. The lowest BCUT2D eigenvalue weighted by Crippen LogP contribution is -2.45. The molecule has 1 aliphatic carbocycles. The van der Waals surface area contributed by atoms with E-state index in [4.69, 9.17) is 4.74 Å². The second kappa shape index (κ2) is 1.86. The average molecular weight is 154 g/mol. The third-order valence-corrected chi connectivity index (χ3v) is 3.48. The molecular formula is C9H14O2. The zero-order valence-electron chi connectivity index (χ0n) is 7.09. The van der Waals surface area contributed by atoms with E-state index in [-0.39, 0.29) is 0 Å². The van der Waals surface area contributed by atoms with Crippen LogP contribution in [0.25, 0.3) is 0 Å². The van der Waals surface area contributed by atoms with Crippen molar-refractivity contribution < 1.29 is 9.53 Å². The van der Waals surface area contributed by atoms with Crippen LogP contribution in [-0.4, -0.2) is 18.5 Å². The van der Waals surface area contributed by atoms with E-state index in [0.29, 0.717) is 11.3 Å². The topological polar surface area (TPSA) is 26.3 Å². The maximum absolute atomic E-state index is 10.7. The van der Waals surface area contributed by atoms with Crippen LogP contribution in [0.5, 0.6) is 0 Å². The van der Waals surface area contributed by atoms with E-state index in [1.165, 1.54) is 6.42 Å². The van der Waals surface area contributed by atoms with Gasteiger partial charge in [0.05, 0.1) is 6.61 Å². The summed E-state index contributed by atoms with van der Waals surface area (Å²) in [5.74, 6) is 0.479. The van der Waals surface area contributed by atoms with Crippen molar-refractivity contribution in [3.63, 3.8) is 0 Å². The van der Waals surface area contributed by atoms with Crippen LogP contribution in [0.3, 0.4) is 0 Å². The predicted octanol–water partition coefficient (Wildman–Crippen LogP) is 1.39. The molecule has 2 rings (SSSR count). The molecule has 1 heterocycles. The number of carbonyl (C=O) groups excluding carboxylic acids is 1. The lowest BCUT2D eigenvalue weighted by molar-refractivity contribution is -0.128. The van der Waals surface area contributed by atoms with Crippen LogP contribution in [-0.2, 0) is 9.53 Å². The quantitative estimate of drug-likeness (QED) is 0.533. The van der Waals surface area contributed by atoms with Crippen molar-refractivity contribution in [2.75, 3.05) is 6.61 Å². The summed E-state index contributed by atoms with van der Waals surface area (Å²) in [4.78, 5) is 10.7. The monoisotopic (exact) mass is 154 g/mol. The Bertz CT molecular complexity index is 202. The summed E-state index contributed by atoms with van der Waals surface area (Å²) in [7, 11) is 0. The average Bonchev–Trinajstić information content (AvgIpc) is 2.12. The third-order valence-electron chi connectivity index (χ3n) is 3.48. The molecule has 0 amide bonds. The number of ether oxygens (including phenoxy) is 1. The minimum Gasteiger partial charge on any atom is -0.367 e. The van der Waals surface area contributed by atoms with Gasteiger partial charge >= 0.3 is 0 Å². The molecule has 2 heteroatoms. The summed E-state index contributed by atoms with van der Waals surface area (Å²) < 4.78 is 5.51. The van der Waals surface area contributed by atoms with Gasteiger partial charge < -0.3 is 9.53 Å². The molecule has 1 aliphatic heterocycles. The van der Waals surface area contributed by atoms with E-state index in [2.05, 4.69) is 6.92 Å². The molecule has 11 heavy (non-hydrogen) atoms. The molecule has 1 saturated carbocycles. The molecule has 0 N–H and O–H groups in total. The highest BCUT2D eigenvalue weighted by Crippen LogP contribution is 2.57. The van der Waals surface area contributed by atoms with Crippen LogP contribution in [0.2, 0.25) is 0 Å². The van der Waals surface area contributed by atoms with Gasteiger partial charge in [-0.25, -0.2) is 0 Å². The molecular weight excluding hydrogens is 140 g/mol. The Morgan fingerprint density at radius 1 is 1.55 bits per heavy atom. The zero-order valence-corrected chi connectivity index (χ0v) is 7.09. The van der Waals surface area contributed by atoms with E-state index >= 15 is 0 Å². The largest absolute Gasteiger partial charge is 0.367 e. The van der Waals surface area contributed by atoms with Crippen LogP contribution in [0.15, 0.2) is 0 Å². The fourth-order valence-electron chi connectivity index (χ4n) is 2.47. The molecule has 0 radical (unpaired) electrons. The third kappa shape index (κ3) is 0.734. The number of carbonyl (C=O) groups is 1. The first kappa shape index (κ1) is 7.29. The predicted molar refractivity (Wildman–Crippen MR) is 41.3 cm³/mol. The van der Waals surface area contributed by atoms with Gasteiger partial charge in [0.1, 0.15) is 5.60 Å². The van der Waals surface area contributed by atoms with Crippen LogP contribution in [0.1, 0.15) is 26.7 Å². The van der Waals surface area contributed by atoms with Gasteiger partial charge in [-0.3, -0.25) is 0 Å². The fourth-order valence-corrected chi connectivity index (χ4v) is 2.47. The fraction of sp³-hybridized carbons (Fsp3) is 0.889. The first-order chi connectivity index (χ1) is 5.11. The summed E-state index contributed by atoms with van der Waals surface area (Å²) in [6, 6.07) is 0. The molecule has 0 aromatic carbocycles. The number of aldehydes is 1. The summed E-state index contributed by atoms with van der Waals surface area (Å²) >= 11 is 0. The minimum absolute atomic E-state index is 0.315. The SMILES string of the molecule is CC12CCC1C(C)(C=O)OC2. The summed E-state index contributed by atoms with van der Waals surface area (Å²) in [5, 5.41) is 0. The molecule has 3 atom stereocenters. The lowest BCUT2D eigenvalue weighted by atomic mass is 9.58. The van der Waals surface area contributed by atoms with Crippen molar-refractivity contribution in [2.24, 2.45) is 11.3 Å². The Morgan fingerprint density at radius 3 is 2.55 bits per heavy atom. The first-order valence-electron chi connectivity index (χ1n) is 4.21. The standard InChI is InChI=1S/C9H14O2/c1-8-4-3-7(8)9(2,5-10)11-6-8/h5,7H,3-4,6H2,1-2H3. The van der Waals surface area contributed by atoms with Gasteiger partial charge in [0.2, 0.25) is 0 Å². The van der Waals surface area contributed by atoms with Crippen LogP contribution < -0.4 is 0 Å². The second-order valence-corrected chi connectivity index (χ2v) is 4.34. The highest BCUT2D eigenvalue weighted by molar-refractivity contribution is 5.64. The number of fused-ring (bicyclic) bond motifs is 1. The van der Waals surface area contributed by atoms with Crippen LogP contribution in [0.4, 0.5) is 0 Å². The van der Waals surface area contributed by atoms with Crippen molar-refractivity contribution in [2.45, 2.75) is 32.3 Å². The maximum atomic E-state index is 10.7. The highest BCUT2D eigenvalue weighted by atomic mass is 16.5. The van der Waals surface area contributed by atoms with Crippen molar-refractivity contribution in [1.29, 1.82) is 0 Å². The number of hydrogen-bond donors (Lipinski definition) is 0. The van der Waals surface area contributed by atoms with Gasteiger partial charge in [0.15, 0.2) is 6.29 Å². The molecule has 0 aromatic heterocycles. The van der Waals surface area contributed by atoms with Gasteiger partial charge in [0.25, 0.3) is 0 Å². The van der Waals surface area contributed by atoms with Crippen molar-refractivity contribution in [3.05, 3.63) is 0 Å². The molecule has 62 valence electrons. The number of rotatable bonds is 1. The summed E-state index contributed by atoms with van der Waals surface area (Å²) in [5.41, 5.74) is -0.150. The first-order valence-corrected chi connectivity index (χ1v) is 4.21. The molecule has 0 bridgehead atoms. The molecule has 0 aromatic rings. The van der Waals surface area contributed by atoms with E-state index in [1.54, 1.807) is 0 Å². The van der Waals surface area contributed by atoms with Gasteiger partial charge in [-0.15, -0.1) is 0 Å². The summed E-state index contributed by atoms with van der Waals surface area (Å²) in [6.07, 6.45) is 3.36. The van der Waals surface area contributed by atoms with Gasteiger partial charge in [-0.2, -0.15) is 0 Å².